The Kier molecular flexibility index (Phi) is 9.97. The van der Waals surface area contributed by atoms with Crippen molar-refractivity contribution in [2.75, 3.05) is 6.61 Å². The van der Waals surface area contributed by atoms with Crippen LogP contribution in [0.1, 0.15) is 112 Å². The van der Waals surface area contributed by atoms with Crippen LogP contribution in [0.2, 0.25) is 0 Å². The fourth-order valence-corrected chi connectivity index (χ4v) is 4.85. The van der Waals surface area contributed by atoms with Crippen molar-refractivity contribution in [2.45, 2.75) is 95.8 Å². The minimum Gasteiger partial charge on any atom is -0.494 e. The van der Waals surface area contributed by atoms with Crippen molar-refractivity contribution < 1.29 is 4.74 Å². The lowest BCUT2D eigenvalue weighted by Crippen LogP contribution is -2.12. The molecule has 0 aromatic heterocycles. The van der Waals surface area contributed by atoms with Crippen LogP contribution in [-0.2, 0) is 0 Å². The van der Waals surface area contributed by atoms with Crippen LogP contribution in [0.15, 0.2) is 48.5 Å². The number of nitriles is 1. The highest BCUT2D eigenvalue weighted by atomic mass is 16.5. The Balaban J connectivity index is 1.33. The van der Waals surface area contributed by atoms with E-state index in [2.05, 4.69) is 49.4 Å². The van der Waals surface area contributed by atoms with Crippen molar-refractivity contribution in [2.24, 2.45) is 0 Å². The molecule has 1 saturated carbocycles. The minimum atomic E-state index is 0.637. The number of unbranched alkanes of at least 4 members (excludes halogenated alkanes) is 7. The van der Waals surface area contributed by atoms with Gasteiger partial charge in [0.25, 0.3) is 0 Å². The van der Waals surface area contributed by atoms with Crippen LogP contribution in [0, 0.1) is 11.3 Å². The Morgan fingerprint density at radius 3 is 1.71 bits per heavy atom. The van der Waals surface area contributed by atoms with Crippen LogP contribution >= 0.6 is 0 Å². The van der Waals surface area contributed by atoms with Gasteiger partial charge in [-0.2, -0.15) is 5.26 Å². The summed E-state index contributed by atoms with van der Waals surface area (Å²) in [5, 5.41) is 8.98. The molecule has 3 rings (SSSR count). The average molecular weight is 418 g/mol. The summed E-state index contributed by atoms with van der Waals surface area (Å²) >= 11 is 0. The van der Waals surface area contributed by atoms with Gasteiger partial charge in [0, 0.05) is 0 Å². The summed E-state index contributed by atoms with van der Waals surface area (Å²) in [7, 11) is 0. The van der Waals surface area contributed by atoms with Crippen molar-refractivity contribution in [3.05, 3.63) is 65.2 Å². The molecular formula is C29H39NO. The summed E-state index contributed by atoms with van der Waals surface area (Å²) in [5.41, 5.74) is 3.60. The zero-order valence-electron chi connectivity index (χ0n) is 19.3. The van der Waals surface area contributed by atoms with Gasteiger partial charge < -0.3 is 4.74 Å². The van der Waals surface area contributed by atoms with Crippen LogP contribution in [0.4, 0.5) is 0 Å². The molecule has 2 aromatic carbocycles. The molecule has 0 saturated heterocycles. The van der Waals surface area contributed by atoms with E-state index >= 15 is 0 Å². The molecule has 0 aliphatic heterocycles. The quantitative estimate of drug-likeness (QED) is 0.324. The van der Waals surface area contributed by atoms with E-state index in [1.165, 1.54) is 81.8 Å². The molecular weight excluding hydrogens is 378 g/mol. The van der Waals surface area contributed by atoms with Crippen LogP contribution in [0.5, 0.6) is 5.75 Å². The topological polar surface area (TPSA) is 33.0 Å². The highest BCUT2D eigenvalue weighted by Gasteiger charge is 2.23. The lowest BCUT2D eigenvalue weighted by molar-refractivity contribution is 0.304. The molecule has 166 valence electrons. The number of hydrogen-bond acceptors (Lipinski definition) is 2. The lowest BCUT2D eigenvalue weighted by Gasteiger charge is -2.29. The van der Waals surface area contributed by atoms with Crippen LogP contribution in [0.3, 0.4) is 0 Å². The maximum atomic E-state index is 8.98. The van der Waals surface area contributed by atoms with Crippen molar-refractivity contribution in [3.63, 3.8) is 0 Å². The molecule has 2 aromatic rings. The Morgan fingerprint density at radius 2 is 1.19 bits per heavy atom. The van der Waals surface area contributed by atoms with Gasteiger partial charge in [-0.15, -0.1) is 0 Å². The number of rotatable bonds is 12. The van der Waals surface area contributed by atoms with Gasteiger partial charge in [0.05, 0.1) is 18.2 Å². The minimum absolute atomic E-state index is 0.637. The molecule has 0 spiro atoms. The van der Waals surface area contributed by atoms with E-state index in [4.69, 9.17) is 10.00 Å². The third-order valence-electron chi connectivity index (χ3n) is 6.86. The summed E-state index contributed by atoms with van der Waals surface area (Å²) in [4.78, 5) is 0. The normalized spacial score (nSPS) is 18.5. The van der Waals surface area contributed by atoms with Gasteiger partial charge in [0.2, 0.25) is 0 Å². The lowest BCUT2D eigenvalue weighted by atomic mass is 9.76. The highest BCUT2D eigenvalue weighted by Crippen LogP contribution is 2.40. The second kappa shape index (κ2) is 13.2. The first kappa shape index (κ1) is 23.4. The SMILES string of the molecule is CCCCCCCCCCOc1ccc([C@H]2CC[C@H](c3ccc(C#N)cc3)CC2)cc1. The third kappa shape index (κ3) is 7.73. The Morgan fingerprint density at radius 1 is 0.710 bits per heavy atom. The number of nitrogens with zero attached hydrogens (tertiary/aromatic N) is 1. The van der Waals surface area contributed by atoms with E-state index < -0.39 is 0 Å². The van der Waals surface area contributed by atoms with Crippen molar-refractivity contribution in [1.82, 2.24) is 0 Å². The van der Waals surface area contributed by atoms with Gasteiger partial charge in [-0.3, -0.25) is 0 Å². The second-order valence-corrected chi connectivity index (χ2v) is 9.17. The Labute approximate surface area is 189 Å². The van der Waals surface area contributed by atoms with E-state index in [0.717, 1.165) is 24.3 Å². The largest absolute Gasteiger partial charge is 0.494 e. The number of benzene rings is 2. The van der Waals surface area contributed by atoms with Gasteiger partial charge in [-0.05, 0) is 79.3 Å². The first-order valence-corrected chi connectivity index (χ1v) is 12.5. The third-order valence-corrected chi connectivity index (χ3v) is 6.86. The summed E-state index contributed by atoms with van der Waals surface area (Å²) in [6.07, 6.45) is 15.6. The molecule has 0 N–H and O–H groups in total. The Hall–Kier alpha value is -2.27. The summed E-state index contributed by atoms with van der Waals surface area (Å²) < 4.78 is 5.96. The predicted octanol–water partition coefficient (Wildman–Crippen LogP) is 8.52. The molecule has 31 heavy (non-hydrogen) atoms. The van der Waals surface area contributed by atoms with E-state index in [9.17, 15) is 0 Å². The molecule has 0 unspecified atom stereocenters. The number of ether oxygens (including phenoxy) is 1. The first-order valence-electron chi connectivity index (χ1n) is 12.5. The molecule has 2 heteroatoms. The van der Waals surface area contributed by atoms with Gasteiger partial charge >= 0.3 is 0 Å². The van der Waals surface area contributed by atoms with Crippen LogP contribution < -0.4 is 4.74 Å². The molecule has 1 fully saturated rings. The molecule has 0 bridgehead atoms. The van der Waals surface area contributed by atoms with Gasteiger partial charge in [-0.1, -0.05) is 76.1 Å². The Bertz CT molecular complexity index is 779. The van der Waals surface area contributed by atoms with Crippen molar-refractivity contribution in [3.8, 4) is 11.8 Å². The zero-order chi connectivity index (χ0) is 21.7. The van der Waals surface area contributed by atoms with Gasteiger partial charge in [-0.25, -0.2) is 0 Å². The van der Waals surface area contributed by atoms with Crippen LogP contribution in [-0.4, -0.2) is 6.61 Å². The monoisotopic (exact) mass is 417 g/mol. The van der Waals surface area contributed by atoms with E-state index in [1.807, 2.05) is 12.1 Å². The fraction of sp³-hybridized carbons (Fsp3) is 0.552. The summed E-state index contributed by atoms with van der Waals surface area (Å²) in [6, 6.07) is 19.3. The maximum Gasteiger partial charge on any atom is 0.119 e. The smallest absolute Gasteiger partial charge is 0.119 e. The van der Waals surface area contributed by atoms with E-state index in [1.54, 1.807) is 0 Å². The van der Waals surface area contributed by atoms with Crippen molar-refractivity contribution in [1.29, 1.82) is 5.26 Å². The molecule has 2 nitrogen and oxygen atoms in total. The second-order valence-electron chi connectivity index (χ2n) is 9.17. The molecule has 0 atom stereocenters. The predicted molar refractivity (Wildman–Crippen MR) is 130 cm³/mol. The summed E-state index contributed by atoms with van der Waals surface area (Å²) in [5.74, 6) is 2.31. The van der Waals surface area contributed by atoms with Crippen LogP contribution in [0.25, 0.3) is 0 Å². The molecule has 0 heterocycles. The van der Waals surface area contributed by atoms with Gasteiger partial charge in [0.1, 0.15) is 5.75 Å². The van der Waals surface area contributed by atoms with E-state index in [-0.39, 0.29) is 0 Å². The average Bonchev–Trinajstić information content (AvgIpc) is 2.83. The summed E-state index contributed by atoms with van der Waals surface area (Å²) in [6.45, 7) is 3.11. The van der Waals surface area contributed by atoms with E-state index in [0.29, 0.717) is 11.8 Å². The standard InChI is InChI=1S/C29H39NO/c1-2-3-4-5-6-7-8-9-22-31-29-20-18-28(19-21-29)27-16-14-26(15-17-27)25-12-10-24(23-30)11-13-25/h10-13,18-21,26-27H,2-9,14-17,22H2,1H3/t26-,27-. The fourth-order valence-electron chi connectivity index (χ4n) is 4.85. The molecule has 0 radical (unpaired) electrons. The molecule has 0 amide bonds. The number of hydrogen-bond donors (Lipinski definition) is 0. The maximum absolute atomic E-state index is 8.98. The zero-order valence-corrected chi connectivity index (χ0v) is 19.3. The molecule has 1 aliphatic rings. The van der Waals surface area contributed by atoms with Gasteiger partial charge in [0.15, 0.2) is 0 Å². The van der Waals surface area contributed by atoms with Crippen molar-refractivity contribution >= 4 is 0 Å². The first-order chi connectivity index (χ1) is 15.3. The highest BCUT2D eigenvalue weighted by molar-refractivity contribution is 5.34. The molecule has 1 aliphatic carbocycles.